The zero-order chi connectivity index (χ0) is 17.6. The monoisotopic (exact) mass is 395 g/mol. The third-order valence-corrected chi connectivity index (χ3v) is 4.46. The molecule has 3 aromatic rings. The van der Waals surface area contributed by atoms with Gasteiger partial charge in [-0.05, 0) is 34.7 Å². The molecule has 1 aromatic carbocycles. The van der Waals surface area contributed by atoms with Crippen LogP contribution < -0.4 is 5.32 Å². The number of nitrogens with one attached hydrogen (secondary N) is 1. The highest BCUT2D eigenvalue weighted by molar-refractivity contribution is 7.99. The predicted molar refractivity (Wildman–Crippen MR) is 99.6 cm³/mol. The largest absolute Gasteiger partial charge is 0.478 e. The Morgan fingerprint density at radius 1 is 1.35 bits per heavy atom. The number of aryl methyl sites for hydroxylation is 1. The molecular weight excluding hydrogens is 378 g/mol. The molecule has 0 aliphatic heterocycles. The summed E-state index contributed by atoms with van der Waals surface area (Å²) in [6.07, 6.45) is 0. The van der Waals surface area contributed by atoms with Crippen LogP contribution in [0.4, 0.5) is 0 Å². The molecule has 0 atom stereocenters. The van der Waals surface area contributed by atoms with Gasteiger partial charge in [0.15, 0.2) is 0 Å². The number of tetrazole rings is 1. The van der Waals surface area contributed by atoms with Crippen LogP contribution in [-0.2, 0) is 13.6 Å². The van der Waals surface area contributed by atoms with E-state index in [0.717, 1.165) is 28.8 Å². The third-order valence-electron chi connectivity index (χ3n) is 3.45. The number of carboxylic acids is 1. The quantitative estimate of drug-likeness (QED) is 0.442. The van der Waals surface area contributed by atoms with E-state index in [1.807, 2.05) is 18.2 Å². The van der Waals surface area contributed by atoms with Gasteiger partial charge in [-0.1, -0.05) is 23.9 Å². The zero-order valence-corrected chi connectivity index (χ0v) is 15.6. The van der Waals surface area contributed by atoms with Gasteiger partial charge in [0.2, 0.25) is 5.16 Å². The van der Waals surface area contributed by atoms with Crippen molar-refractivity contribution < 1.29 is 14.3 Å². The van der Waals surface area contributed by atoms with E-state index in [9.17, 15) is 4.79 Å². The van der Waals surface area contributed by atoms with E-state index < -0.39 is 5.97 Å². The summed E-state index contributed by atoms with van der Waals surface area (Å²) in [5, 5.41) is 24.4. The summed E-state index contributed by atoms with van der Waals surface area (Å²) in [5.41, 5.74) is 0.986. The van der Waals surface area contributed by atoms with Crippen molar-refractivity contribution in [3.63, 3.8) is 0 Å². The van der Waals surface area contributed by atoms with Crippen LogP contribution in [0.25, 0.3) is 11.3 Å². The lowest BCUT2D eigenvalue weighted by Gasteiger charge is -2.02. The van der Waals surface area contributed by atoms with Crippen molar-refractivity contribution in [1.29, 1.82) is 0 Å². The highest BCUT2D eigenvalue weighted by Crippen LogP contribution is 2.23. The van der Waals surface area contributed by atoms with E-state index in [4.69, 9.17) is 9.52 Å². The average molecular weight is 396 g/mol. The number of halogens is 1. The van der Waals surface area contributed by atoms with Crippen molar-refractivity contribution in [1.82, 2.24) is 25.5 Å². The van der Waals surface area contributed by atoms with Gasteiger partial charge >= 0.3 is 5.97 Å². The van der Waals surface area contributed by atoms with E-state index >= 15 is 0 Å². The van der Waals surface area contributed by atoms with Gasteiger partial charge in [0, 0.05) is 24.9 Å². The number of carboxylic acid groups (broad SMARTS) is 1. The second-order valence-electron chi connectivity index (χ2n) is 5.26. The van der Waals surface area contributed by atoms with E-state index in [1.165, 1.54) is 0 Å². The first-order chi connectivity index (χ1) is 12.1. The number of aromatic carboxylic acids is 1. The Labute approximate surface area is 160 Å². The second kappa shape index (κ2) is 9.37. The molecule has 3 rings (SSSR count). The lowest BCUT2D eigenvalue weighted by atomic mass is 10.1. The molecule has 2 aromatic heterocycles. The Hall–Kier alpha value is -2.36. The molecule has 0 amide bonds. The van der Waals surface area contributed by atoms with Crippen LogP contribution in [0.3, 0.4) is 0 Å². The van der Waals surface area contributed by atoms with Crippen molar-refractivity contribution in [2.75, 3.05) is 12.3 Å². The Morgan fingerprint density at radius 2 is 2.19 bits per heavy atom. The minimum atomic E-state index is -0.953. The molecule has 0 saturated carbocycles. The molecular formula is C16H18ClN5O3S. The zero-order valence-electron chi connectivity index (χ0n) is 14.0. The molecule has 0 bridgehead atoms. The molecule has 2 N–H and O–H groups in total. The van der Waals surface area contributed by atoms with E-state index in [2.05, 4.69) is 20.8 Å². The minimum Gasteiger partial charge on any atom is -0.478 e. The lowest BCUT2D eigenvalue weighted by Crippen LogP contribution is -2.16. The fourth-order valence-corrected chi connectivity index (χ4v) is 2.95. The number of aromatic nitrogens is 4. The van der Waals surface area contributed by atoms with Crippen LogP contribution in [0.15, 0.2) is 46.0 Å². The summed E-state index contributed by atoms with van der Waals surface area (Å²) in [6, 6.07) is 10.4. The Morgan fingerprint density at radius 3 is 2.92 bits per heavy atom. The minimum absolute atomic E-state index is 0. The summed E-state index contributed by atoms with van der Waals surface area (Å²) in [5.74, 6) is 1.33. The van der Waals surface area contributed by atoms with Gasteiger partial charge in [0.25, 0.3) is 0 Å². The van der Waals surface area contributed by atoms with Gasteiger partial charge in [0.1, 0.15) is 11.5 Å². The third kappa shape index (κ3) is 5.07. The highest BCUT2D eigenvalue weighted by atomic mass is 35.5. The molecule has 0 unspecified atom stereocenters. The summed E-state index contributed by atoms with van der Waals surface area (Å²) in [7, 11) is 1.81. The maximum absolute atomic E-state index is 11.0. The molecule has 0 fully saturated rings. The van der Waals surface area contributed by atoms with Crippen LogP contribution >= 0.6 is 24.2 Å². The molecule has 0 radical (unpaired) electrons. The topological polar surface area (TPSA) is 106 Å². The van der Waals surface area contributed by atoms with Crippen molar-refractivity contribution in [2.45, 2.75) is 11.7 Å². The molecule has 138 valence electrons. The van der Waals surface area contributed by atoms with Gasteiger partial charge in [-0.25, -0.2) is 9.48 Å². The molecule has 2 heterocycles. The number of benzene rings is 1. The summed E-state index contributed by atoms with van der Waals surface area (Å²) in [6.45, 7) is 1.37. The van der Waals surface area contributed by atoms with Gasteiger partial charge < -0.3 is 14.8 Å². The fraction of sp³-hybridized carbons (Fsp3) is 0.250. The summed E-state index contributed by atoms with van der Waals surface area (Å²) in [4.78, 5) is 11.0. The highest BCUT2D eigenvalue weighted by Gasteiger charge is 2.08. The number of rotatable bonds is 8. The van der Waals surface area contributed by atoms with E-state index in [-0.39, 0.29) is 18.0 Å². The van der Waals surface area contributed by atoms with Gasteiger partial charge in [-0.3, -0.25) is 0 Å². The maximum Gasteiger partial charge on any atom is 0.335 e. The summed E-state index contributed by atoms with van der Waals surface area (Å²) < 4.78 is 7.41. The molecule has 0 aliphatic carbocycles. The lowest BCUT2D eigenvalue weighted by molar-refractivity contribution is 0.0697. The van der Waals surface area contributed by atoms with E-state index in [1.54, 1.807) is 41.7 Å². The Kier molecular flexibility index (Phi) is 7.19. The molecule has 26 heavy (non-hydrogen) atoms. The van der Waals surface area contributed by atoms with Crippen LogP contribution in [0.2, 0.25) is 0 Å². The van der Waals surface area contributed by atoms with Crippen molar-refractivity contribution in [2.24, 2.45) is 7.05 Å². The SMILES string of the molecule is Cl.Cn1nnnc1SCCNCc1ccc(-c2cccc(C(=O)O)c2)o1. The number of hydrogen-bond acceptors (Lipinski definition) is 7. The normalized spacial score (nSPS) is 10.5. The van der Waals surface area contributed by atoms with Crippen LogP contribution in [-0.4, -0.2) is 43.6 Å². The van der Waals surface area contributed by atoms with Crippen LogP contribution in [0.1, 0.15) is 16.1 Å². The summed E-state index contributed by atoms with van der Waals surface area (Å²) >= 11 is 1.57. The first-order valence-corrected chi connectivity index (χ1v) is 8.60. The van der Waals surface area contributed by atoms with Crippen LogP contribution in [0.5, 0.6) is 0 Å². The molecule has 0 spiro atoms. The van der Waals surface area contributed by atoms with Crippen molar-refractivity contribution in [3.05, 3.63) is 47.7 Å². The standard InChI is InChI=1S/C16H17N5O3S.ClH/c1-21-16(18-19-20-21)25-8-7-17-10-13-5-6-14(24-13)11-3-2-4-12(9-11)15(22)23;/h2-6,9,17H,7-8,10H2,1H3,(H,22,23);1H. The molecule has 0 saturated heterocycles. The second-order valence-corrected chi connectivity index (χ2v) is 6.32. The van der Waals surface area contributed by atoms with Crippen LogP contribution in [0, 0.1) is 0 Å². The first-order valence-electron chi connectivity index (χ1n) is 7.62. The fourth-order valence-electron chi connectivity index (χ4n) is 2.20. The van der Waals surface area contributed by atoms with Gasteiger partial charge in [0.05, 0.1) is 12.1 Å². The Bertz CT molecular complexity index is 867. The van der Waals surface area contributed by atoms with E-state index in [0.29, 0.717) is 12.3 Å². The molecule has 8 nitrogen and oxygen atoms in total. The molecule has 10 heteroatoms. The number of hydrogen-bond donors (Lipinski definition) is 2. The smallest absolute Gasteiger partial charge is 0.335 e. The van der Waals surface area contributed by atoms with Crippen molar-refractivity contribution in [3.8, 4) is 11.3 Å². The molecule has 0 aliphatic rings. The Balaban J connectivity index is 0.00000243. The number of furan rings is 1. The van der Waals surface area contributed by atoms with Gasteiger partial charge in [-0.15, -0.1) is 17.5 Å². The first kappa shape index (κ1) is 20.0. The average Bonchev–Trinajstić information content (AvgIpc) is 3.24. The number of carbonyl (C=O) groups is 1. The number of thioether (sulfide) groups is 1. The number of nitrogens with zero attached hydrogens (tertiary/aromatic N) is 4. The van der Waals surface area contributed by atoms with Gasteiger partial charge in [-0.2, -0.15) is 0 Å². The maximum atomic E-state index is 11.0. The van der Waals surface area contributed by atoms with Crippen molar-refractivity contribution >= 4 is 30.1 Å². The predicted octanol–water partition coefficient (Wildman–Crippen LogP) is 2.47.